The first-order valence-corrected chi connectivity index (χ1v) is 11.4. The summed E-state index contributed by atoms with van der Waals surface area (Å²) in [6.07, 6.45) is 0.892. The molecule has 0 fully saturated rings. The molecule has 0 aliphatic carbocycles. The molecule has 4 rings (SSSR count). The number of nitro groups is 1. The summed E-state index contributed by atoms with van der Waals surface area (Å²) < 4.78 is 22.0. The van der Waals surface area contributed by atoms with E-state index in [-0.39, 0.29) is 28.6 Å². The van der Waals surface area contributed by atoms with Crippen LogP contribution in [0.1, 0.15) is 30.4 Å². The van der Waals surface area contributed by atoms with E-state index in [9.17, 15) is 20.2 Å². The lowest BCUT2D eigenvalue weighted by atomic mass is 9.83. The summed E-state index contributed by atoms with van der Waals surface area (Å²) in [5.74, 6) is 0.384. The number of carbonyl (C=O) groups excluding carboxylic acids is 1. The topological polar surface area (TPSA) is 147 Å². The van der Waals surface area contributed by atoms with E-state index >= 15 is 0 Å². The average Bonchev–Trinajstić information content (AvgIpc) is 2.90. The molecule has 188 valence electrons. The maximum absolute atomic E-state index is 12.3. The molecule has 10 nitrogen and oxygen atoms in total. The zero-order valence-corrected chi connectivity index (χ0v) is 19.9. The highest BCUT2D eigenvalue weighted by Gasteiger charge is 2.31. The molecular weight excluding hydrogens is 478 g/mol. The molecule has 10 heteroatoms. The molecule has 0 radical (unpaired) electrons. The van der Waals surface area contributed by atoms with Crippen molar-refractivity contribution >= 4 is 11.7 Å². The molecule has 3 aromatic rings. The number of ether oxygens (including phenoxy) is 4. The van der Waals surface area contributed by atoms with E-state index < -0.39 is 23.4 Å². The standard InChI is InChI=1S/C27H23N3O7/c1-2-13-34-19-7-3-17(4-8-19)26-22-12-11-21(14-24(22)37-27(29)23(26)15-28)36-25(31)16-35-20-9-5-18(6-10-20)30(32)33/h3-12,14,26H,2,13,16,29H2,1H3. The van der Waals surface area contributed by atoms with Crippen LogP contribution < -0.4 is 24.7 Å². The van der Waals surface area contributed by atoms with E-state index in [1.54, 1.807) is 12.1 Å². The van der Waals surface area contributed by atoms with Crippen LogP contribution in [-0.2, 0) is 4.79 Å². The second-order valence-corrected chi connectivity index (χ2v) is 8.06. The maximum Gasteiger partial charge on any atom is 0.349 e. The predicted molar refractivity (Wildman–Crippen MR) is 132 cm³/mol. The summed E-state index contributed by atoms with van der Waals surface area (Å²) in [6.45, 7) is 2.22. The Balaban J connectivity index is 1.48. The fourth-order valence-electron chi connectivity index (χ4n) is 3.79. The van der Waals surface area contributed by atoms with Crippen molar-refractivity contribution in [2.75, 3.05) is 13.2 Å². The van der Waals surface area contributed by atoms with Crippen LogP contribution in [0.4, 0.5) is 5.69 Å². The molecule has 37 heavy (non-hydrogen) atoms. The molecule has 1 atom stereocenters. The van der Waals surface area contributed by atoms with Gasteiger partial charge in [0.25, 0.3) is 5.69 Å². The van der Waals surface area contributed by atoms with Gasteiger partial charge in [0.15, 0.2) is 6.61 Å². The third kappa shape index (κ3) is 5.79. The highest BCUT2D eigenvalue weighted by atomic mass is 16.6. The molecule has 0 bridgehead atoms. The van der Waals surface area contributed by atoms with Gasteiger partial charge in [0, 0.05) is 23.8 Å². The van der Waals surface area contributed by atoms with E-state index in [0.29, 0.717) is 17.9 Å². The van der Waals surface area contributed by atoms with E-state index in [2.05, 4.69) is 6.07 Å². The van der Waals surface area contributed by atoms with Crippen molar-refractivity contribution in [1.29, 1.82) is 5.26 Å². The van der Waals surface area contributed by atoms with Crippen molar-refractivity contribution in [3.8, 4) is 29.1 Å². The van der Waals surface area contributed by atoms with E-state index in [0.717, 1.165) is 17.7 Å². The number of hydrogen-bond donors (Lipinski definition) is 1. The van der Waals surface area contributed by atoms with Gasteiger partial charge in [0.2, 0.25) is 5.88 Å². The van der Waals surface area contributed by atoms with Crippen molar-refractivity contribution in [2.45, 2.75) is 19.3 Å². The first-order valence-electron chi connectivity index (χ1n) is 11.4. The number of benzene rings is 3. The minimum absolute atomic E-state index is 0.0312. The first kappa shape index (κ1) is 25.1. The Hall–Kier alpha value is -5.04. The summed E-state index contributed by atoms with van der Waals surface area (Å²) in [6, 6.07) is 19.7. The first-order chi connectivity index (χ1) is 17.9. The van der Waals surface area contributed by atoms with Crippen molar-refractivity contribution in [3.63, 3.8) is 0 Å². The Morgan fingerprint density at radius 3 is 2.35 bits per heavy atom. The number of rotatable bonds is 9. The SMILES string of the molecule is CCCOc1ccc(C2C(C#N)=C(N)Oc3cc(OC(=O)COc4ccc([N+](=O)[O-])cc4)ccc32)cc1. The molecule has 0 aromatic heterocycles. The largest absolute Gasteiger partial charge is 0.494 e. The Morgan fingerprint density at radius 2 is 1.70 bits per heavy atom. The van der Waals surface area contributed by atoms with Crippen LogP contribution in [-0.4, -0.2) is 24.1 Å². The van der Waals surface area contributed by atoms with Crippen molar-refractivity contribution in [2.24, 2.45) is 5.73 Å². The number of hydrogen-bond acceptors (Lipinski definition) is 9. The van der Waals surface area contributed by atoms with Crippen LogP contribution in [0, 0.1) is 21.4 Å². The van der Waals surface area contributed by atoms with Gasteiger partial charge in [0.05, 0.1) is 17.4 Å². The highest BCUT2D eigenvalue weighted by molar-refractivity contribution is 5.74. The van der Waals surface area contributed by atoms with Crippen LogP contribution in [0.25, 0.3) is 0 Å². The van der Waals surface area contributed by atoms with Gasteiger partial charge in [0.1, 0.15) is 34.6 Å². The van der Waals surface area contributed by atoms with Gasteiger partial charge >= 0.3 is 5.97 Å². The molecule has 1 aliphatic rings. The van der Waals surface area contributed by atoms with Gasteiger partial charge in [-0.2, -0.15) is 5.26 Å². The summed E-state index contributed by atoms with van der Waals surface area (Å²) in [5, 5.41) is 20.5. The van der Waals surface area contributed by atoms with E-state index in [4.69, 9.17) is 24.7 Å². The Bertz CT molecular complexity index is 1380. The fourth-order valence-corrected chi connectivity index (χ4v) is 3.79. The van der Waals surface area contributed by atoms with Crippen LogP contribution in [0.15, 0.2) is 78.2 Å². The van der Waals surface area contributed by atoms with Crippen molar-refractivity contribution in [3.05, 3.63) is 99.4 Å². The van der Waals surface area contributed by atoms with Crippen LogP contribution in [0.5, 0.6) is 23.0 Å². The van der Waals surface area contributed by atoms with Gasteiger partial charge in [-0.15, -0.1) is 0 Å². The lowest BCUT2D eigenvalue weighted by Gasteiger charge is -2.26. The van der Waals surface area contributed by atoms with E-state index in [1.165, 1.54) is 30.3 Å². The highest BCUT2D eigenvalue weighted by Crippen LogP contribution is 2.43. The second kappa shape index (κ2) is 11.1. The zero-order valence-electron chi connectivity index (χ0n) is 19.9. The molecule has 0 saturated heterocycles. The van der Waals surface area contributed by atoms with Gasteiger partial charge in [-0.1, -0.05) is 25.1 Å². The number of allylic oxidation sites excluding steroid dienone is 1. The fraction of sp³-hybridized carbons (Fsp3) is 0.185. The lowest BCUT2D eigenvalue weighted by Crippen LogP contribution is -2.21. The molecule has 1 aliphatic heterocycles. The summed E-state index contributed by atoms with van der Waals surface area (Å²) in [5.41, 5.74) is 7.77. The second-order valence-electron chi connectivity index (χ2n) is 8.06. The normalized spacial score (nSPS) is 14.1. The van der Waals surface area contributed by atoms with Gasteiger partial charge in [-0.25, -0.2) is 4.79 Å². The number of nitrogens with two attached hydrogens (primary N) is 1. The quantitative estimate of drug-likeness (QED) is 0.192. The summed E-state index contributed by atoms with van der Waals surface area (Å²) in [4.78, 5) is 22.5. The zero-order chi connectivity index (χ0) is 26.4. The maximum atomic E-state index is 12.3. The smallest absolute Gasteiger partial charge is 0.349 e. The predicted octanol–water partition coefficient (Wildman–Crippen LogP) is 4.59. The number of nitro benzene ring substituents is 1. The minimum Gasteiger partial charge on any atom is -0.494 e. The van der Waals surface area contributed by atoms with Gasteiger partial charge in [-0.3, -0.25) is 10.1 Å². The number of nitriles is 1. The number of fused-ring (bicyclic) bond motifs is 1. The molecule has 3 aromatic carbocycles. The van der Waals surface area contributed by atoms with Crippen LogP contribution in [0.2, 0.25) is 0 Å². The molecule has 1 heterocycles. The monoisotopic (exact) mass is 501 g/mol. The molecular formula is C27H23N3O7. The molecule has 0 spiro atoms. The summed E-state index contributed by atoms with van der Waals surface area (Å²) in [7, 11) is 0. The van der Waals surface area contributed by atoms with Crippen molar-refractivity contribution < 1.29 is 28.7 Å². The van der Waals surface area contributed by atoms with Crippen molar-refractivity contribution in [1.82, 2.24) is 0 Å². The molecule has 2 N–H and O–H groups in total. The lowest BCUT2D eigenvalue weighted by molar-refractivity contribution is -0.384. The number of carbonyl (C=O) groups is 1. The van der Waals surface area contributed by atoms with E-state index in [1.807, 2.05) is 31.2 Å². The Morgan fingerprint density at radius 1 is 1.05 bits per heavy atom. The number of nitrogens with zero attached hydrogens (tertiary/aromatic N) is 2. The molecule has 1 unspecified atom stereocenters. The molecule has 0 amide bonds. The van der Waals surface area contributed by atoms with Crippen LogP contribution >= 0.6 is 0 Å². The third-order valence-electron chi connectivity index (χ3n) is 5.51. The number of non-ortho nitro benzene ring substituents is 1. The van der Waals surface area contributed by atoms with Gasteiger partial charge in [-0.05, 0) is 42.3 Å². The number of esters is 1. The summed E-state index contributed by atoms with van der Waals surface area (Å²) >= 11 is 0. The average molecular weight is 501 g/mol. The molecule has 0 saturated carbocycles. The Labute approximate surface area is 212 Å². The van der Waals surface area contributed by atoms with Gasteiger partial charge < -0.3 is 24.7 Å². The Kier molecular flexibility index (Phi) is 7.54. The third-order valence-corrected chi connectivity index (χ3v) is 5.51. The van der Waals surface area contributed by atoms with Crippen LogP contribution in [0.3, 0.4) is 0 Å². The minimum atomic E-state index is -0.686.